The average Bonchev–Trinajstić information content (AvgIpc) is 3.73. The largest absolute Gasteiger partial charge is 0.379 e. The Morgan fingerprint density at radius 3 is 2.17 bits per heavy atom. The van der Waals surface area contributed by atoms with Gasteiger partial charge < -0.3 is 24.2 Å². The number of amides is 2. The number of carbonyl (C=O) groups is 2. The second-order valence-corrected chi connectivity index (χ2v) is 12.7. The maximum Gasteiger partial charge on any atom is 0.320 e. The summed E-state index contributed by atoms with van der Waals surface area (Å²) >= 11 is 0. The monoisotopic (exact) mass is 573 g/mol. The van der Waals surface area contributed by atoms with Gasteiger partial charge in [-0.3, -0.25) is 9.80 Å². The van der Waals surface area contributed by atoms with Crippen molar-refractivity contribution in [2.24, 2.45) is 0 Å². The summed E-state index contributed by atoms with van der Waals surface area (Å²) in [4.78, 5) is 38.3. The number of urea groups is 1. The number of benzene rings is 2. The Morgan fingerprint density at radius 1 is 0.905 bits per heavy atom. The lowest BCUT2D eigenvalue weighted by atomic mass is 9.86. The van der Waals surface area contributed by atoms with E-state index in [-0.39, 0.29) is 12.1 Å². The van der Waals surface area contributed by atoms with E-state index in [0.717, 1.165) is 84.7 Å². The van der Waals surface area contributed by atoms with Gasteiger partial charge in [0.15, 0.2) is 0 Å². The molecule has 6 rings (SSSR count). The zero-order valence-electron chi connectivity index (χ0n) is 25.3. The molecule has 0 saturated carbocycles. The molecule has 3 fully saturated rings. The van der Waals surface area contributed by atoms with Crippen molar-refractivity contribution in [2.45, 2.75) is 56.7 Å². The number of likely N-dealkylation sites (N-methyl/N-ethyl adjacent to an activating group) is 1. The third-order valence-electron chi connectivity index (χ3n) is 10.1. The SMILES string of the molecule is CN(C(=O)N(CCN1CCOCC1)C1(C=O)CCN(Cc2ccc(N3CCCC3)cc2)CC1)C1Cc2ccccc2C1. The lowest BCUT2D eigenvalue weighted by Gasteiger charge is -2.47. The third kappa shape index (κ3) is 6.36. The van der Waals surface area contributed by atoms with E-state index in [4.69, 9.17) is 4.74 Å². The number of carbonyl (C=O) groups excluding carboxylic acids is 2. The van der Waals surface area contributed by atoms with Crippen molar-refractivity contribution in [3.05, 3.63) is 65.2 Å². The number of morpholine rings is 1. The number of anilines is 1. The number of likely N-dealkylation sites (tertiary alicyclic amines) is 1. The summed E-state index contributed by atoms with van der Waals surface area (Å²) in [5.41, 5.74) is 4.50. The van der Waals surface area contributed by atoms with Crippen molar-refractivity contribution >= 4 is 18.0 Å². The van der Waals surface area contributed by atoms with Crippen LogP contribution >= 0.6 is 0 Å². The van der Waals surface area contributed by atoms with Crippen LogP contribution in [0.1, 0.15) is 42.4 Å². The fourth-order valence-electron chi connectivity index (χ4n) is 7.33. The number of nitrogens with zero attached hydrogens (tertiary/aromatic N) is 5. The maximum absolute atomic E-state index is 14.3. The number of fused-ring (bicyclic) bond motifs is 1. The van der Waals surface area contributed by atoms with Gasteiger partial charge in [-0.05, 0) is 67.3 Å². The number of aldehydes is 1. The van der Waals surface area contributed by atoms with Gasteiger partial charge in [-0.1, -0.05) is 36.4 Å². The predicted octanol–water partition coefficient (Wildman–Crippen LogP) is 3.67. The predicted molar refractivity (Wildman–Crippen MR) is 166 cm³/mol. The van der Waals surface area contributed by atoms with Crippen LogP contribution in [0.15, 0.2) is 48.5 Å². The standard InChI is InChI=1S/C34H47N5O3/c1-35(32-24-29-6-2-3-7-30(29)25-32)33(41)39(19-18-36-20-22-42-23-21-36)34(27-40)12-16-37(17-13-34)26-28-8-10-31(11-9-28)38-14-4-5-15-38/h2-3,6-11,27,32H,4-5,12-26H2,1H3. The van der Waals surface area contributed by atoms with Gasteiger partial charge in [-0.25, -0.2) is 4.79 Å². The van der Waals surface area contributed by atoms with Gasteiger partial charge in [0.2, 0.25) is 0 Å². The number of rotatable bonds is 9. The molecule has 8 nitrogen and oxygen atoms in total. The number of hydrogen-bond acceptors (Lipinski definition) is 6. The maximum atomic E-state index is 14.3. The van der Waals surface area contributed by atoms with Crippen LogP contribution in [0.4, 0.5) is 10.5 Å². The second kappa shape index (κ2) is 13.1. The summed E-state index contributed by atoms with van der Waals surface area (Å²) in [6.07, 6.45) is 6.71. The Morgan fingerprint density at radius 2 is 1.55 bits per heavy atom. The molecular weight excluding hydrogens is 526 g/mol. The van der Waals surface area contributed by atoms with Crippen LogP contribution in [0.2, 0.25) is 0 Å². The molecule has 42 heavy (non-hydrogen) atoms. The van der Waals surface area contributed by atoms with Crippen LogP contribution < -0.4 is 4.90 Å². The minimum Gasteiger partial charge on any atom is -0.379 e. The van der Waals surface area contributed by atoms with Crippen LogP contribution in [0.25, 0.3) is 0 Å². The van der Waals surface area contributed by atoms with Gasteiger partial charge in [0, 0.05) is 77.7 Å². The molecule has 8 heteroatoms. The van der Waals surface area contributed by atoms with Crippen molar-refractivity contribution in [2.75, 3.05) is 77.5 Å². The fourth-order valence-corrected chi connectivity index (χ4v) is 7.33. The Balaban J connectivity index is 1.12. The zero-order chi connectivity index (χ0) is 28.9. The Labute approximate surface area is 251 Å². The average molecular weight is 574 g/mol. The van der Waals surface area contributed by atoms with E-state index >= 15 is 0 Å². The first-order chi connectivity index (χ1) is 20.5. The van der Waals surface area contributed by atoms with E-state index in [1.807, 2.05) is 16.8 Å². The van der Waals surface area contributed by atoms with E-state index in [1.54, 1.807) is 0 Å². The van der Waals surface area contributed by atoms with E-state index in [0.29, 0.717) is 19.4 Å². The molecule has 3 aliphatic heterocycles. The van der Waals surface area contributed by atoms with Crippen molar-refractivity contribution < 1.29 is 14.3 Å². The Bertz CT molecular complexity index is 1170. The van der Waals surface area contributed by atoms with Crippen molar-refractivity contribution in [1.82, 2.24) is 19.6 Å². The van der Waals surface area contributed by atoms with Crippen LogP contribution in [0.3, 0.4) is 0 Å². The van der Waals surface area contributed by atoms with Crippen molar-refractivity contribution in [1.29, 1.82) is 0 Å². The topological polar surface area (TPSA) is 59.6 Å². The molecule has 0 bridgehead atoms. The smallest absolute Gasteiger partial charge is 0.320 e. The highest BCUT2D eigenvalue weighted by Crippen LogP contribution is 2.32. The highest BCUT2D eigenvalue weighted by molar-refractivity contribution is 5.81. The molecule has 3 saturated heterocycles. The van der Waals surface area contributed by atoms with Crippen molar-refractivity contribution in [3.63, 3.8) is 0 Å². The highest BCUT2D eigenvalue weighted by atomic mass is 16.5. The molecule has 0 atom stereocenters. The molecule has 0 unspecified atom stereocenters. The van der Waals surface area contributed by atoms with Gasteiger partial charge in [0.1, 0.15) is 11.8 Å². The van der Waals surface area contributed by atoms with E-state index in [9.17, 15) is 9.59 Å². The van der Waals surface area contributed by atoms with Gasteiger partial charge in [-0.15, -0.1) is 0 Å². The van der Waals surface area contributed by atoms with E-state index < -0.39 is 5.54 Å². The molecule has 0 N–H and O–H groups in total. The van der Waals surface area contributed by atoms with Gasteiger partial charge in [0.25, 0.3) is 0 Å². The lowest BCUT2D eigenvalue weighted by Crippen LogP contribution is -2.63. The molecular formula is C34H47N5O3. The summed E-state index contributed by atoms with van der Waals surface area (Å²) in [5.74, 6) is 0. The molecule has 0 spiro atoms. The van der Waals surface area contributed by atoms with E-state index in [1.165, 1.54) is 35.2 Å². The summed E-state index contributed by atoms with van der Waals surface area (Å²) < 4.78 is 5.55. The third-order valence-corrected chi connectivity index (χ3v) is 10.1. The zero-order valence-corrected chi connectivity index (χ0v) is 25.3. The Hall–Kier alpha value is -2.94. The number of piperidine rings is 1. The fraction of sp³-hybridized carbons (Fsp3) is 0.588. The molecule has 2 amide bonds. The molecule has 0 radical (unpaired) electrons. The molecule has 3 heterocycles. The van der Waals surface area contributed by atoms with Crippen LogP contribution in [-0.4, -0.2) is 116 Å². The van der Waals surface area contributed by atoms with E-state index in [2.05, 4.69) is 63.2 Å². The quantitative estimate of drug-likeness (QED) is 0.427. The summed E-state index contributed by atoms with van der Waals surface area (Å²) in [6.45, 7) is 9.28. The first-order valence-electron chi connectivity index (χ1n) is 16.0. The Kier molecular flexibility index (Phi) is 9.12. The second-order valence-electron chi connectivity index (χ2n) is 12.7. The highest BCUT2D eigenvalue weighted by Gasteiger charge is 2.44. The summed E-state index contributed by atoms with van der Waals surface area (Å²) in [5, 5.41) is 0. The molecule has 2 aromatic rings. The molecule has 2 aromatic carbocycles. The number of ether oxygens (including phenoxy) is 1. The minimum atomic E-state index is -0.779. The van der Waals surface area contributed by atoms with Gasteiger partial charge in [0.05, 0.1) is 13.2 Å². The molecule has 0 aromatic heterocycles. The minimum absolute atomic E-state index is 0.0147. The molecule has 226 valence electrons. The first-order valence-corrected chi connectivity index (χ1v) is 16.0. The van der Waals surface area contributed by atoms with Gasteiger partial charge >= 0.3 is 6.03 Å². The lowest BCUT2D eigenvalue weighted by molar-refractivity contribution is -0.120. The summed E-state index contributed by atoms with van der Waals surface area (Å²) in [7, 11) is 1.93. The normalized spacial score (nSPS) is 21.3. The van der Waals surface area contributed by atoms with Crippen LogP contribution in [0, 0.1) is 0 Å². The number of hydrogen-bond donors (Lipinski definition) is 0. The van der Waals surface area contributed by atoms with Crippen molar-refractivity contribution in [3.8, 4) is 0 Å². The van der Waals surface area contributed by atoms with Crippen LogP contribution in [-0.2, 0) is 28.9 Å². The summed E-state index contributed by atoms with van der Waals surface area (Å²) in [6, 6.07) is 17.6. The molecule has 1 aliphatic carbocycles. The first kappa shape index (κ1) is 29.1. The molecule has 4 aliphatic rings. The van der Waals surface area contributed by atoms with Crippen LogP contribution in [0.5, 0.6) is 0 Å². The van der Waals surface area contributed by atoms with Gasteiger partial charge in [-0.2, -0.15) is 0 Å².